The third-order valence-corrected chi connectivity index (χ3v) is 6.84. The summed E-state index contributed by atoms with van der Waals surface area (Å²) in [5.74, 6) is -0.941. The van der Waals surface area contributed by atoms with Crippen molar-refractivity contribution in [1.29, 1.82) is 0 Å². The summed E-state index contributed by atoms with van der Waals surface area (Å²) in [6, 6.07) is 14.0. The van der Waals surface area contributed by atoms with Crippen molar-refractivity contribution >= 4 is 33.7 Å². The summed E-state index contributed by atoms with van der Waals surface area (Å²) in [5.41, 5.74) is 2.38. The summed E-state index contributed by atoms with van der Waals surface area (Å²) in [4.78, 5) is 23.5. The first-order valence-electron chi connectivity index (χ1n) is 9.78. The second-order valence-corrected chi connectivity index (χ2v) is 9.17. The molecule has 0 radical (unpaired) electrons. The molecule has 8 heteroatoms. The van der Waals surface area contributed by atoms with Gasteiger partial charge in [0.25, 0.3) is 15.9 Å². The molecule has 1 heterocycles. The lowest BCUT2D eigenvalue weighted by molar-refractivity contribution is -0.143. The van der Waals surface area contributed by atoms with E-state index < -0.39 is 16.0 Å². The highest BCUT2D eigenvalue weighted by Crippen LogP contribution is 2.32. The molecule has 1 aliphatic carbocycles. The molecule has 156 valence electrons. The van der Waals surface area contributed by atoms with Crippen LogP contribution in [0.25, 0.3) is 6.08 Å². The van der Waals surface area contributed by atoms with Gasteiger partial charge in [0.05, 0.1) is 10.6 Å². The van der Waals surface area contributed by atoms with Gasteiger partial charge in [0.15, 0.2) is 6.61 Å². The minimum atomic E-state index is -3.65. The first kappa shape index (κ1) is 20.2. The quantitative estimate of drug-likeness (QED) is 0.542. The Morgan fingerprint density at radius 2 is 1.83 bits per heavy atom. The van der Waals surface area contributed by atoms with Gasteiger partial charge in [0.1, 0.15) is 0 Å². The number of hydrogen-bond donors (Lipinski definition) is 1. The molecule has 30 heavy (non-hydrogen) atoms. The Bertz CT molecular complexity index is 1090. The molecule has 0 spiro atoms. The Morgan fingerprint density at radius 1 is 1.10 bits per heavy atom. The van der Waals surface area contributed by atoms with E-state index in [1.165, 1.54) is 28.6 Å². The third kappa shape index (κ3) is 4.54. The maximum atomic E-state index is 13.0. The van der Waals surface area contributed by atoms with E-state index in [4.69, 9.17) is 4.74 Å². The SMILES string of the molecule is O=C(COC(=O)/C=C/c1ccc(S(=O)(=O)N2CCc3ccccc32)cc1)NC1CC1. The van der Waals surface area contributed by atoms with Gasteiger partial charge in [0, 0.05) is 18.7 Å². The molecule has 7 nitrogen and oxygen atoms in total. The smallest absolute Gasteiger partial charge is 0.331 e. The van der Waals surface area contributed by atoms with Crippen molar-refractivity contribution in [2.45, 2.75) is 30.2 Å². The van der Waals surface area contributed by atoms with Gasteiger partial charge in [-0.3, -0.25) is 9.10 Å². The van der Waals surface area contributed by atoms with E-state index in [1.54, 1.807) is 12.1 Å². The summed E-state index contributed by atoms with van der Waals surface area (Å²) < 4.78 is 32.3. The lowest BCUT2D eigenvalue weighted by atomic mass is 10.2. The van der Waals surface area contributed by atoms with Crippen LogP contribution in [0, 0.1) is 0 Å². The van der Waals surface area contributed by atoms with Crippen molar-refractivity contribution in [3.8, 4) is 0 Å². The Labute approximate surface area is 175 Å². The number of rotatable bonds is 7. The van der Waals surface area contributed by atoms with Crippen LogP contribution < -0.4 is 9.62 Å². The Balaban J connectivity index is 1.37. The van der Waals surface area contributed by atoms with Gasteiger partial charge in [-0.05, 0) is 54.7 Å². The molecule has 1 fully saturated rings. The van der Waals surface area contributed by atoms with E-state index in [0.717, 1.165) is 24.1 Å². The largest absolute Gasteiger partial charge is 0.452 e. The van der Waals surface area contributed by atoms with Gasteiger partial charge in [-0.15, -0.1) is 0 Å². The Kier molecular flexibility index (Phi) is 5.59. The fourth-order valence-electron chi connectivity index (χ4n) is 3.28. The average molecular weight is 426 g/mol. The zero-order valence-corrected chi connectivity index (χ0v) is 17.1. The normalized spacial score (nSPS) is 15.8. The lowest BCUT2D eigenvalue weighted by Crippen LogP contribution is -2.30. The summed E-state index contributed by atoms with van der Waals surface area (Å²) in [6.45, 7) is 0.109. The highest BCUT2D eigenvalue weighted by molar-refractivity contribution is 7.92. The number of carbonyl (C=O) groups is 2. The van der Waals surface area contributed by atoms with Crippen molar-refractivity contribution in [2.75, 3.05) is 17.5 Å². The van der Waals surface area contributed by atoms with Crippen LogP contribution in [0.2, 0.25) is 0 Å². The number of sulfonamides is 1. The minimum Gasteiger partial charge on any atom is -0.452 e. The van der Waals surface area contributed by atoms with E-state index in [0.29, 0.717) is 18.5 Å². The summed E-state index contributed by atoms with van der Waals surface area (Å²) >= 11 is 0. The van der Waals surface area contributed by atoms with E-state index >= 15 is 0 Å². The Morgan fingerprint density at radius 3 is 2.57 bits per heavy atom. The van der Waals surface area contributed by atoms with Gasteiger partial charge in [-0.2, -0.15) is 0 Å². The van der Waals surface area contributed by atoms with Gasteiger partial charge < -0.3 is 10.1 Å². The predicted molar refractivity (Wildman–Crippen MR) is 112 cm³/mol. The molecule has 1 N–H and O–H groups in total. The zero-order valence-electron chi connectivity index (χ0n) is 16.3. The molecular weight excluding hydrogens is 404 g/mol. The number of carbonyl (C=O) groups excluding carboxylic acids is 2. The number of nitrogens with one attached hydrogen (secondary N) is 1. The monoisotopic (exact) mass is 426 g/mol. The van der Waals surface area contributed by atoms with Crippen LogP contribution in [0.1, 0.15) is 24.0 Å². The number of hydrogen-bond acceptors (Lipinski definition) is 5. The number of esters is 1. The van der Waals surface area contributed by atoms with Crippen molar-refractivity contribution in [2.24, 2.45) is 0 Å². The summed E-state index contributed by atoms with van der Waals surface area (Å²) in [6.07, 6.45) is 5.36. The maximum Gasteiger partial charge on any atom is 0.331 e. The van der Waals surface area contributed by atoms with Crippen LogP contribution >= 0.6 is 0 Å². The van der Waals surface area contributed by atoms with Crippen LogP contribution in [0.15, 0.2) is 59.5 Å². The number of ether oxygens (including phenoxy) is 1. The molecule has 1 amide bonds. The van der Waals surface area contributed by atoms with Crippen LogP contribution in [-0.2, 0) is 30.8 Å². The number of nitrogens with zero attached hydrogens (tertiary/aromatic N) is 1. The van der Waals surface area contributed by atoms with Crippen LogP contribution in [0.4, 0.5) is 5.69 Å². The molecule has 0 bridgehead atoms. The number of anilines is 1. The number of fused-ring (bicyclic) bond motifs is 1. The van der Waals surface area contributed by atoms with Crippen molar-refractivity contribution in [1.82, 2.24) is 5.32 Å². The number of amides is 1. The fourth-order valence-corrected chi connectivity index (χ4v) is 4.79. The molecule has 4 rings (SSSR count). The van der Waals surface area contributed by atoms with E-state index in [2.05, 4.69) is 5.32 Å². The molecule has 1 aliphatic heterocycles. The molecule has 1 saturated carbocycles. The first-order chi connectivity index (χ1) is 14.4. The molecule has 0 aromatic heterocycles. The molecule has 2 aliphatic rings. The van der Waals surface area contributed by atoms with Crippen molar-refractivity contribution < 1.29 is 22.7 Å². The molecule has 2 aromatic carbocycles. The van der Waals surface area contributed by atoms with Gasteiger partial charge in [0.2, 0.25) is 0 Å². The number of benzene rings is 2. The Hall–Kier alpha value is -3.13. The molecule has 0 atom stereocenters. The molecule has 2 aromatic rings. The van der Waals surface area contributed by atoms with Crippen LogP contribution in [0.5, 0.6) is 0 Å². The standard InChI is InChI=1S/C22H22N2O5S/c25-21(23-18-8-9-18)15-29-22(26)12-7-16-5-10-19(11-6-16)30(27,28)24-14-13-17-3-1-2-4-20(17)24/h1-7,10-12,18H,8-9,13-15H2,(H,23,25)/b12-7+. The van der Waals surface area contributed by atoms with Gasteiger partial charge in [-0.1, -0.05) is 30.3 Å². The predicted octanol–water partition coefficient (Wildman–Crippen LogP) is 2.27. The highest BCUT2D eigenvalue weighted by atomic mass is 32.2. The number of para-hydroxylation sites is 1. The topological polar surface area (TPSA) is 92.8 Å². The van der Waals surface area contributed by atoms with Gasteiger partial charge >= 0.3 is 5.97 Å². The van der Waals surface area contributed by atoms with Crippen LogP contribution in [-0.4, -0.2) is 39.5 Å². The fraction of sp³-hybridized carbons (Fsp3) is 0.273. The second kappa shape index (κ2) is 8.31. The first-order valence-corrected chi connectivity index (χ1v) is 11.2. The summed E-state index contributed by atoms with van der Waals surface area (Å²) in [7, 11) is -3.65. The molecular formula is C22H22N2O5S. The zero-order chi connectivity index (χ0) is 21.1. The minimum absolute atomic E-state index is 0.190. The van der Waals surface area contributed by atoms with E-state index in [9.17, 15) is 18.0 Å². The van der Waals surface area contributed by atoms with E-state index in [1.807, 2.05) is 24.3 Å². The lowest BCUT2D eigenvalue weighted by Gasteiger charge is -2.19. The third-order valence-electron chi connectivity index (χ3n) is 5.01. The van der Waals surface area contributed by atoms with Gasteiger partial charge in [-0.25, -0.2) is 13.2 Å². The van der Waals surface area contributed by atoms with E-state index in [-0.39, 0.29) is 23.5 Å². The molecule has 0 unspecified atom stereocenters. The highest BCUT2D eigenvalue weighted by Gasteiger charge is 2.30. The van der Waals surface area contributed by atoms with Crippen LogP contribution in [0.3, 0.4) is 0 Å². The van der Waals surface area contributed by atoms with Crippen molar-refractivity contribution in [3.63, 3.8) is 0 Å². The van der Waals surface area contributed by atoms with Crippen molar-refractivity contribution in [3.05, 3.63) is 65.7 Å². The second-order valence-electron chi connectivity index (χ2n) is 7.31. The maximum absolute atomic E-state index is 13.0. The molecule has 0 saturated heterocycles. The average Bonchev–Trinajstić information content (AvgIpc) is 3.45. The summed E-state index contributed by atoms with van der Waals surface area (Å²) in [5, 5.41) is 2.73.